The predicted octanol–water partition coefficient (Wildman–Crippen LogP) is 1.55. The molecule has 1 aliphatic rings. The zero-order chi connectivity index (χ0) is 19.1. The van der Waals surface area contributed by atoms with Crippen molar-refractivity contribution in [3.05, 3.63) is 23.5 Å². The average molecular weight is 363 g/mol. The zero-order valence-electron chi connectivity index (χ0n) is 15.1. The maximum Gasteiger partial charge on any atom is 0.328 e. The summed E-state index contributed by atoms with van der Waals surface area (Å²) in [6.45, 7) is 3.81. The number of rotatable bonds is 9. The fraction of sp³-hybridized carbons (Fsp3) is 0.556. The highest BCUT2D eigenvalue weighted by atomic mass is 16.5. The van der Waals surface area contributed by atoms with E-state index in [2.05, 4.69) is 10.3 Å². The van der Waals surface area contributed by atoms with E-state index in [9.17, 15) is 14.4 Å². The second kappa shape index (κ2) is 9.17. The van der Waals surface area contributed by atoms with Crippen LogP contribution < -0.4 is 11.1 Å². The van der Waals surface area contributed by atoms with E-state index in [0.29, 0.717) is 11.6 Å². The van der Waals surface area contributed by atoms with E-state index in [1.807, 2.05) is 0 Å². The molecule has 0 aliphatic heterocycles. The third-order valence-electron chi connectivity index (χ3n) is 3.97. The molecule has 1 aromatic heterocycles. The first-order valence-electron chi connectivity index (χ1n) is 8.85. The molecule has 0 aromatic carbocycles. The number of nitrogens with two attached hydrogens (primary N) is 1. The minimum absolute atomic E-state index is 0.0000907. The number of esters is 2. The van der Waals surface area contributed by atoms with Crippen LogP contribution in [0.25, 0.3) is 0 Å². The van der Waals surface area contributed by atoms with Crippen molar-refractivity contribution < 1.29 is 23.9 Å². The van der Waals surface area contributed by atoms with Crippen molar-refractivity contribution in [3.8, 4) is 0 Å². The van der Waals surface area contributed by atoms with Crippen LogP contribution in [0, 0.1) is 0 Å². The highest BCUT2D eigenvalue weighted by Crippen LogP contribution is 2.41. The lowest BCUT2D eigenvalue weighted by Crippen LogP contribution is -2.42. The van der Waals surface area contributed by atoms with E-state index in [-0.39, 0.29) is 31.7 Å². The van der Waals surface area contributed by atoms with E-state index < -0.39 is 23.9 Å². The molecule has 1 saturated carbocycles. The molecule has 1 fully saturated rings. The number of amides is 1. The first kappa shape index (κ1) is 19.7. The van der Waals surface area contributed by atoms with Crippen molar-refractivity contribution in [2.75, 3.05) is 18.9 Å². The number of pyridine rings is 1. The van der Waals surface area contributed by atoms with Gasteiger partial charge in [-0.15, -0.1) is 0 Å². The quantitative estimate of drug-likeness (QED) is 0.638. The summed E-state index contributed by atoms with van der Waals surface area (Å²) in [4.78, 5) is 40.5. The Balaban J connectivity index is 2.05. The summed E-state index contributed by atoms with van der Waals surface area (Å²) in [5.41, 5.74) is 7.38. The number of carbonyl (C=O) groups is 3. The number of nitrogens with one attached hydrogen (secondary N) is 1. The summed E-state index contributed by atoms with van der Waals surface area (Å²) in [6, 6.07) is 2.22. The van der Waals surface area contributed by atoms with Gasteiger partial charge in [-0.1, -0.05) is 0 Å². The van der Waals surface area contributed by atoms with Crippen LogP contribution in [0.15, 0.2) is 12.1 Å². The van der Waals surface area contributed by atoms with Crippen molar-refractivity contribution in [2.24, 2.45) is 0 Å². The van der Waals surface area contributed by atoms with Gasteiger partial charge >= 0.3 is 11.9 Å². The molecular weight excluding hydrogens is 338 g/mol. The molecule has 8 heteroatoms. The van der Waals surface area contributed by atoms with E-state index in [1.54, 1.807) is 19.9 Å². The predicted molar refractivity (Wildman–Crippen MR) is 94.4 cm³/mol. The molecule has 26 heavy (non-hydrogen) atoms. The van der Waals surface area contributed by atoms with Crippen LogP contribution in [-0.4, -0.2) is 42.1 Å². The van der Waals surface area contributed by atoms with Gasteiger partial charge in [0.25, 0.3) is 5.91 Å². The van der Waals surface area contributed by atoms with E-state index in [4.69, 9.17) is 15.2 Å². The van der Waals surface area contributed by atoms with Crippen LogP contribution in [0.1, 0.15) is 61.6 Å². The van der Waals surface area contributed by atoms with E-state index in [0.717, 1.165) is 18.5 Å². The van der Waals surface area contributed by atoms with Crippen molar-refractivity contribution >= 4 is 23.5 Å². The first-order valence-corrected chi connectivity index (χ1v) is 8.85. The van der Waals surface area contributed by atoms with Gasteiger partial charge < -0.3 is 20.5 Å². The van der Waals surface area contributed by atoms with Gasteiger partial charge in [-0.25, -0.2) is 9.78 Å². The van der Waals surface area contributed by atoms with Gasteiger partial charge in [0.05, 0.1) is 24.6 Å². The topological polar surface area (TPSA) is 121 Å². The SMILES string of the molecule is CCOC(=O)CCC(NC(=O)c1ccc(N)c(C2CC2)n1)C(=O)OCC. The van der Waals surface area contributed by atoms with Gasteiger partial charge in [-0.05, 0) is 45.2 Å². The molecular formula is C18H25N3O5. The molecule has 8 nitrogen and oxygen atoms in total. The summed E-state index contributed by atoms with van der Waals surface area (Å²) in [5, 5.41) is 2.60. The summed E-state index contributed by atoms with van der Waals surface area (Å²) in [6.07, 6.45) is 2.11. The minimum Gasteiger partial charge on any atom is -0.466 e. The minimum atomic E-state index is -0.949. The lowest BCUT2D eigenvalue weighted by Gasteiger charge is -2.17. The van der Waals surface area contributed by atoms with Crippen molar-refractivity contribution in [3.63, 3.8) is 0 Å². The largest absolute Gasteiger partial charge is 0.466 e. The van der Waals surface area contributed by atoms with Crippen LogP contribution in [-0.2, 0) is 19.1 Å². The summed E-state index contributed by atoms with van der Waals surface area (Å²) < 4.78 is 9.83. The number of nitrogens with zero attached hydrogens (tertiary/aromatic N) is 1. The van der Waals surface area contributed by atoms with Crippen molar-refractivity contribution in [1.29, 1.82) is 0 Å². The Morgan fingerprint density at radius 3 is 2.54 bits per heavy atom. The Bertz CT molecular complexity index is 673. The Morgan fingerprint density at radius 1 is 1.23 bits per heavy atom. The number of ether oxygens (including phenoxy) is 2. The summed E-state index contributed by atoms with van der Waals surface area (Å²) in [7, 11) is 0. The highest BCUT2D eigenvalue weighted by Gasteiger charge is 2.29. The molecule has 1 amide bonds. The third-order valence-corrected chi connectivity index (χ3v) is 3.97. The summed E-state index contributed by atoms with van der Waals surface area (Å²) >= 11 is 0. The monoisotopic (exact) mass is 363 g/mol. The zero-order valence-corrected chi connectivity index (χ0v) is 15.1. The standard InChI is InChI=1S/C18H25N3O5/c1-3-25-15(22)10-9-14(18(24)26-4-2)21-17(23)13-8-7-12(19)16(20-13)11-5-6-11/h7-8,11,14H,3-6,9-10,19H2,1-2H3,(H,21,23). The number of hydrogen-bond acceptors (Lipinski definition) is 7. The van der Waals surface area contributed by atoms with Crippen molar-refractivity contribution in [1.82, 2.24) is 10.3 Å². The van der Waals surface area contributed by atoms with E-state index >= 15 is 0 Å². The lowest BCUT2D eigenvalue weighted by molar-refractivity contribution is -0.146. The van der Waals surface area contributed by atoms with Gasteiger partial charge in [0.1, 0.15) is 11.7 Å². The molecule has 0 radical (unpaired) electrons. The van der Waals surface area contributed by atoms with Gasteiger partial charge in [-0.3, -0.25) is 9.59 Å². The molecule has 0 spiro atoms. The second-order valence-electron chi connectivity index (χ2n) is 6.07. The molecule has 1 heterocycles. The maximum absolute atomic E-state index is 12.5. The second-order valence-corrected chi connectivity index (χ2v) is 6.07. The molecule has 1 aliphatic carbocycles. The molecule has 3 N–H and O–H groups in total. The molecule has 1 unspecified atom stereocenters. The number of aromatic nitrogens is 1. The number of anilines is 1. The van der Waals surface area contributed by atoms with Crippen LogP contribution in [0.4, 0.5) is 5.69 Å². The Kier molecular flexibility index (Phi) is 6.94. The molecule has 1 aromatic rings. The first-order chi connectivity index (χ1) is 12.5. The normalized spacial score (nSPS) is 14.4. The highest BCUT2D eigenvalue weighted by molar-refractivity contribution is 5.95. The van der Waals surface area contributed by atoms with Crippen LogP contribution in [0.3, 0.4) is 0 Å². The average Bonchev–Trinajstić information content (AvgIpc) is 3.44. The van der Waals surface area contributed by atoms with Gasteiger partial charge in [0.2, 0.25) is 0 Å². The van der Waals surface area contributed by atoms with Crippen LogP contribution in [0.2, 0.25) is 0 Å². The van der Waals surface area contributed by atoms with Gasteiger partial charge in [-0.2, -0.15) is 0 Å². The third kappa shape index (κ3) is 5.44. The Hall–Kier alpha value is -2.64. The molecule has 142 valence electrons. The van der Waals surface area contributed by atoms with E-state index in [1.165, 1.54) is 6.07 Å². The Labute approximate surface area is 152 Å². The van der Waals surface area contributed by atoms with Crippen LogP contribution in [0.5, 0.6) is 0 Å². The number of hydrogen-bond donors (Lipinski definition) is 2. The fourth-order valence-electron chi connectivity index (χ4n) is 2.52. The maximum atomic E-state index is 12.5. The fourth-order valence-corrected chi connectivity index (χ4v) is 2.52. The van der Waals surface area contributed by atoms with Crippen molar-refractivity contribution in [2.45, 2.75) is 51.5 Å². The molecule has 1 atom stereocenters. The number of nitrogen functional groups attached to an aromatic ring is 1. The molecule has 0 bridgehead atoms. The Morgan fingerprint density at radius 2 is 1.92 bits per heavy atom. The summed E-state index contributed by atoms with van der Waals surface area (Å²) in [5.74, 6) is -1.23. The smallest absolute Gasteiger partial charge is 0.328 e. The van der Waals surface area contributed by atoms with Gasteiger partial charge in [0.15, 0.2) is 0 Å². The van der Waals surface area contributed by atoms with Crippen LogP contribution >= 0.6 is 0 Å². The molecule has 0 saturated heterocycles. The lowest BCUT2D eigenvalue weighted by atomic mass is 10.1. The number of carbonyl (C=O) groups excluding carboxylic acids is 3. The van der Waals surface area contributed by atoms with Gasteiger partial charge in [0, 0.05) is 12.3 Å². The molecule has 2 rings (SSSR count).